The maximum absolute atomic E-state index is 14.2. The minimum Gasteiger partial charge on any atom is -0.493 e. The highest BCUT2D eigenvalue weighted by Gasteiger charge is 2.43. The average Bonchev–Trinajstić information content (AvgIpc) is 3.53. The van der Waals surface area contributed by atoms with Gasteiger partial charge in [0.2, 0.25) is 5.82 Å². The first-order valence-corrected chi connectivity index (χ1v) is 12.5. The monoisotopic (exact) mass is 577 g/mol. The third-order valence-electron chi connectivity index (χ3n) is 6.80. The number of fused-ring (bicyclic) bond motifs is 3. The van der Waals surface area contributed by atoms with Crippen LogP contribution in [0.15, 0.2) is 36.4 Å². The van der Waals surface area contributed by atoms with Gasteiger partial charge < -0.3 is 14.6 Å². The van der Waals surface area contributed by atoms with Crippen molar-refractivity contribution < 1.29 is 32.5 Å². The molecule has 5 rings (SSSR count). The standard InChI is InChI=1S/C25H23ClF3N7O4/c1-39-19-5-3-4-15(22(19)40-2)16-10-13(12-35-20(30-33-34-35)8-9-21(37)38)23-31-32-24(25(27,28)29)36(23)18-7-6-14(26)11-17(16)18/h3-7,11,13,16H,8-10,12H2,1-2H3,(H,37,38)/t13-,16-/m0/s1. The van der Waals surface area contributed by atoms with Crippen LogP contribution in [-0.2, 0) is 23.9 Å². The molecule has 0 fully saturated rings. The number of aryl methyl sites for hydroxylation is 1. The van der Waals surface area contributed by atoms with Crippen LogP contribution in [-0.4, -0.2) is 60.3 Å². The van der Waals surface area contributed by atoms with Gasteiger partial charge in [-0.05, 0) is 46.7 Å². The molecular formula is C25H23ClF3N7O4. The van der Waals surface area contributed by atoms with E-state index in [1.807, 2.05) is 6.07 Å². The van der Waals surface area contributed by atoms with Gasteiger partial charge in [-0.15, -0.1) is 15.3 Å². The number of rotatable bonds is 8. The number of ether oxygens (including phenoxy) is 2. The summed E-state index contributed by atoms with van der Waals surface area (Å²) in [7, 11) is 2.98. The van der Waals surface area contributed by atoms with Crippen LogP contribution in [0.2, 0.25) is 5.02 Å². The van der Waals surface area contributed by atoms with Crippen LogP contribution in [0.3, 0.4) is 0 Å². The lowest BCUT2D eigenvalue weighted by Gasteiger charge is -2.24. The van der Waals surface area contributed by atoms with Gasteiger partial charge in [0, 0.05) is 28.8 Å². The molecule has 0 saturated carbocycles. The van der Waals surface area contributed by atoms with E-state index in [-0.39, 0.29) is 43.1 Å². The van der Waals surface area contributed by atoms with Gasteiger partial charge in [-0.25, -0.2) is 4.68 Å². The first kappa shape index (κ1) is 27.4. The minimum atomic E-state index is -4.80. The molecule has 2 atom stereocenters. The van der Waals surface area contributed by atoms with Gasteiger partial charge in [0.1, 0.15) is 5.82 Å². The topological polar surface area (TPSA) is 130 Å². The van der Waals surface area contributed by atoms with E-state index in [1.165, 1.54) is 31.0 Å². The fraction of sp³-hybridized carbons (Fsp3) is 0.360. The first-order chi connectivity index (χ1) is 19.1. The number of aliphatic carboxylic acids is 1. The Hall–Kier alpha value is -4.20. The lowest BCUT2D eigenvalue weighted by atomic mass is 9.83. The van der Waals surface area contributed by atoms with Gasteiger partial charge in [0.15, 0.2) is 17.3 Å². The molecule has 0 amide bonds. The van der Waals surface area contributed by atoms with Crippen LogP contribution in [0.1, 0.15) is 53.3 Å². The lowest BCUT2D eigenvalue weighted by molar-refractivity contribution is -0.146. The third kappa shape index (κ3) is 5.06. The number of para-hydroxylation sites is 1. The highest BCUT2D eigenvalue weighted by Crippen LogP contribution is 2.48. The maximum atomic E-state index is 14.2. The van der Waals surface area contributed by atoms with Crippen molar-refractivity contribution in [2.45, 2.75) is 43.8 Å². The Labute approximate surface area is 230 Å². The number of tetrazole rings is 1. The number of methoxy groups -OCH3 is 2. The average molecular weight is 578 g/mol. The molecule has 15 heteroatoms. The summed E-state index contributed by atoms with van der Waals surface area (Å²) in [4.78, 5) is 11.1. The number of alkyl halides is 3. The summed E-state index contributed by atoms with van der Waals surface area (Å²) >= 11 is 6.38. The fourth-order valence-corrected chi connectivity index (χ4v) is 5.30. The zero-order valence-corrected chi connectivity index (χ0v) is 22.0. The number of hydrogen-bond acceptors (Lipinski definition) is 8. The molecule has 0 spiro atoms. The molecule has 210 valence electrons. The Morgan fingerprint density at radius 3 is 2.62 bits per heavy atom. The second-order valence-electron chi connectivity index (χ2n) is 9.16. The Kier molecular flexibility index (Phi) is 7.36. The van der Waals surface area contributed by atoms with Crippen molar-refractivity contribution in [3.8, 4) is 17.2 Å². The number of nitrogens with zero attached hydrogens (tertiary/aromatic N) is 7. The van der Waals surface area contributed by atoms with Crippen LogP contribution >= 0.6 is 11.6 Å². The van der Waals surface area contributed by atoms with Gasteiger partial charge >= 0.3 is 12.1 Å². The second-order valence-corrected chi connectivity index (χ2v) is 9.59. The molecule has 11 nitrogen and oxygen atoms in total. The summed E-state index contributed by atoms with van der Waals surface area (Å²) in [6.45, 7) is 0.0163. The number of halogens is 4. The fourth-order valence-electron chi connectivity index (χ4n) is 5.12. The van der Waals surface area contributed by atoms with E-state index in [0.717, 1.165) is 4.57 Å². The zero-order valence-electron chi connectivity index (χ0n) is 21.3. The third-order valence-corrected chi connectivity index (χ3v) is 7.04. The SMILES string of the molecule is COc1cccc([C@@H]2C[C@@H](Cn3nnnc3CCC(=O)O)c3nnc(C(F)(F)F)n3-c3ccc(Cl)cc32)c1OC. The number of carboxylic acids is 1. The normalized spacial score (nSPS) is 16.6. The van der Waals surface area contributed by atoms with Gasteiger partial charge in [0.25, 0.3) is 0 Å². The van der Waals surface area contributed by atoms with Gasteiger partial charge in [-0.2, -0.15) is 13.2 Å². The lowest BCUT2D eigenvalue weighted by Crippen LogP contribution is -2.19. The second kappa shape index (κ2) is 10.8. The van der Waals surface area contributed by atoms with E-state index in [2.05, 4.69) is 25.7 Å². The molecular weight excluding hydrogens is 555 g/mol. The number of carbonyl (C=O) groups is 1. The summed E-state index contributed by atoms with van der Waals surface area (Å²) in [5, 5.41) is 28.5. The Morgan fingerprint density at radius 2 is 1.93 bits per heavy atom. The minimum absolute atomic E-state index is 0.0163. The Bertz CT molecular complexity index is 1560. The van der Waals surface area contributed by atoms with Crippen molar-refractivity contribution in [3.05, 3.63) is 70.0 Å². The summed E-state index contributed by atoms with van der Waals surface area (Å²) in [6.07, 6.45) is -4.74. The Morgan fingerprint density at radius 1 is 1.12 bits per heavy atom. The highest BCUT2D eigenvalue weighted by atomic mass is 35.5. The number of hydrogen-bond donors (Lipinski definition) is 1. The number of carboxylic acid groups (broad SMARTS) is 1. The van der Waals surface area contributed by atoms with E-state index in [1.54, 1.807) is 18.2 Å². The molecule has 3 heterocycles. The summed E-state index contributed by atoms with van der Waals surface area (Å²) in [6, 6.07) is 9.96. The molecule has 0 unspecified atom stereocenters. The molecule has 1 aliphatic rings. The Balaban J connectivity index is 1.72. The molecule has 0 radical (unpaired) electrons. The van der Waals surface area contributed by atoms with Crippen molar-refractivity contribution in [3.63, 3.8) is 0 Å². The van der Waals surface area contributed by atoms with E-state index in [9.17, 15) is 18.0 Å². The van der Waals surface area contributed by atoms with E-state index in [0.29, 0.717) is 27.6 Å². The van der Waals surface area contributed by atoms with E-state index < -0.39 is 29.8 Å². The largest absolute Gasteiger partial charge is 0.493 e. The van der Waals surface area contributed by atoms with Gasteiger partial charge in [-0.1, -0.05) is 23.7 Å². The molecule has 0 aliphatic carbocycles. The van der Waals surface area contributed by atoms with Crippen LogP contribution in [0, 0.1) is 0 Å². The summed E-state index contributed by atoms with van der Waals surface area (Å²) < 4.78 is 56.2. The summed E-state index contributed by atoms with van der Waals surface area (Å²) in [5.74, 6) is -2.21. The predicted octanol–water partition coefficient (Wildman–Crippen LogP) is 4.28. The molecule has 1 N–H and O–H groups in total. The number of aromatic nitrogens is 7. The molecule has 2 aromatic heterocycles. The zero-order chi connectivity index (χ0) is 28.6. The molecule has 4 aromatic rings. The molecule has 2 aromatic carbocycles. The quantitative estimate of drug-likeness (QED) is 0.326. The van der Waals surface area contributed by atoms with Crippen molar-refractivity contribution in [2.75, 3.05) is 14.2 Å². The maximum Gasteiger partial charge on any atom is 0.452 e. The van der Waals surface area contributed by atoms with Crippen molar-refractivity contribution in [2.24, 2.45) is 0 Å². The van der Waals surface area contributed by atoms with Crippen molar-refractivity contribution in [1.29, 1.82) is 0 Å². The molecule has 0 saturated heterocycles. The van der Waals surface area contributed by atoms with Gasteiger partial charge in [0.05, 0.1) is 32.9 Å². The summed E-state index contributed by atoms with van der Waals surface area (Å²) in [5.41, 5.74) is 1.40. The molecule has 0 bridgehead atoms. The predicted molar refractivity (Wildman–Crippen MR) is 134 cm³/mol. The smallest absolute Gasteiger partial charge is 0.452 e. The van der Waals surface area contributed by atoms with Crippen LogP contribution in [0.5, 0.6) is 11.5 Å². The molecule has 40 heavy (non-hydrogen) atoms. The molecule has 1 aliphatic heterocycles. The van der Waals surface area contributed by atoms with Crippen molar-refractivity contribution in [1.82, 2.24) is 35.0 Å². The van der Waals surface area contributed by atoms with Crippen LogP contribution in [0.4, 0.5) is 13.2 Å². The first-order valence-electron chi connectivity index (χ1n) is 12.1. The highest BCUT2D eigenvalue weighted by molar-refractivity contribution is 6.30. The van der Waals surface area contributed by atoms with E-state index >= 15 is 0 Å². The van der Waals surface area contributed by atoms with Gasteiger partial charge in [-0.3, -0.25) is 9.36 Å². The van der Waals surface area contributed by atoms with Crippen molar-refractivity contribution >= 4 is 17.6 Å². The van der Waals surface area contributed by atoms with Crippen LogP contribution < -0.4 is 9.47 Å². The van der Waals surface area contributed by atoms with E-state index in [4.69, 9.17) is 26.2 Å². The number of benzene rings is 2. The van der Waals surface area contributed by atoms with Crippen LogP contribution in [0.25, 0.3) is 5.69 Å².